The van der Waals surface area contributed by atoms with Gasteiger partial charge in [-0.15, -0.1) is 0 Å². The van der Waals surface area contributed by atoms with Crippen LogP contribution in [0.2, 0.25) is 0 Å². The average Bonchev–Trinajstić information content (AvgIpc) is 3.02. The highest BCUT2D eigenvalue weighted by Crippen LogP contribution is 2.22. The van der Waals surface area contributed by atoms with Gasteiger partial charge in [0.05, 0.1) is 23.6 Å². The van der Waals surface area contributed by atoms with E-state index in [0.717, 1.165) is 28.2 Å². The summed E-state index contributed by atoms with van der Waals surface area (Å²) in [6.07, 6.45) is 0.459. The molecule has 1 atom stereocenters. The Morgan fingerprint density at radius 1 is 1.22 bits per heavy atom. The van der Waals surface area contributed by atoms with Gasteiger partial charge in [-0.2, -0.15) is 0 Å². The van der Waals surface area contributed by atoms with E-state index in [-0.39, 0.29) is 11.9 Å². The Labute approximate surface area is 160 Å². The third-order valence-electron chi connectivity index (χ3n) is 4.67. The molecule has 0 fully saturated rings. The van der Waals surface area contributed by atoms with Crippen LogP contribution in [-0.2, 0) is 11.3 Å². The number of hydrogen-bond acceptors (Lipinski definition) is 3. The van der Waals surface area contributed by atoms with Crippen molar-refractivity contribution in [2.45, 2.75) is 46.7 Å². The molecule has 27 heavy (non-hydrogen) atoms. The van der Waals surface area contributed by atoms with Gasteiger partial charge in [0, 0.05) is 6.42 Å². The molecule has 1 aromatic heterocycles. The molecule has 3 aromatic rings. The molecule has 5 nitrogen and oxygen atoms in total. The van der Waals surface area contributed by atoms with Crippen molar-refractivity contribution in [2.75, 3.05) is 6.61 Å². The summed E-state index contributed by atoms with van der Waals surface area (Å²) in [5.41, 5.74) is 4.34. The van der Waals surface area contributed by atoms with Gasteiger partial charge >= 0.3 is 0 Å². The molecule has 5 heteroatoms. The van der Waals surface area contributed by atoms with Gasteiger partial charge in [0.15, 0.2) is 0 Å². The molecular formula is C22H27N3O2. The highest BCUT2D eigenvalue weighted by molar-refractivity contribution is 5.77. The lowest BCUT2D eigenvalue weighted by Gasteiger charge is -2.17. The number of para-hydroxylation sites is 2. The number of aromatic nitrogens is 2. The predicted octanol–water partition coefficient (Wildman–Crippen LogP) is 4.32. The van der Waals surface area contributed by atoms with Crippen LogP contribution in [0.25, 0.3) is 11.0 Å². The highest BCUT2D eigenvalue weighted by atomic mass is 16.5. The van der Waals surface area contributed by atoms with Crippen molar-refractivity contribution in [2.24, 2.45) is 0 Å². The molecule has 0 aliphatic rings. The summed E-state index contributed by atoms with van der Waals surface area (Å²) in [6.45, 7) is 9.15. The molecule has 0 aliphatic carbocycles. The monoisotopic (exact) mass is 365 g/mol. The van der Waals surface area contributed by atoms with Crippen LogP contribution < -0.4 is 10.1 Å². The van der Waals surface area contributed by atoms with E-state index in [4.69, 9.17) is 9.72 Å². The Balaban J connectivity index is 1.81. The van der Waals surface area contributed by atoms with Crippen LogP contribution in [-0.4, -0.2) is 22.1 Å². The van der Waals surface area contributed by atoms with Crippen LogP contribution in [0.1, 0.15) is 43.3 Å². The van der Waals surface area contributed by atoms with Crippen LogP contribution in [0.3, 0.4) is 0 Å². The topological polar surface area (TPSA) is 56.2 Å². The average molecular weight is 365 g/mol. The molecule has 1 heterocycles. The van der Waals surface area contributed by atoms with E-state index >= 15 is 0 Å². The first-order valence-electron chi connectivity index (χ1n) is 9.44. The number of hydrogen-bond donors (Lipinski definition) is 1. The lowest BCUT2D eigenvalue weighted by molar-refractivity contribution is -0.121. The van der Waals surface area contributed by atoms with Crippen molar-refractivity contribution in [3.63, 3.8) is 0 Å². The van der Waals surface area contributed by atoms with E-state index in [0.29, 0.717) is 19.6 Å². The number of carbonyl (C=O) groups is 1. The summed E-state index contributed by atoms with van der Waals surface area (Å²) >= 11 is 0. The first-order valence-corrected chi connectivity index (χ1v) is 9.44. The van der Waals surface area contributed by atoms with Crippen LogP contribution in [0.5, 0.6) is 5.75 Å². The fraction of sp³-hybridized carbons (Fsp3) is 0.364. The molecule has 0 bridgehead atoms. The van der Waals surface area contributed by atoms with E-state index < -0.39 is 0 Å². The van der Waals surface area contributed by atoms with Gasteiger partial charge in [0.1, 0.15) is 18.2 Å². The molecule has 3 rings (SSSR count). The fourth-order valence-corrected chi connectivity index (χ4v) is 3.28. The van der Waals surface area contributed by atoms with Gasteiger partial charge in [0.2, 0.25) is 5.91 Å². The highest BCUT2D eigenvalue weighted by Gasteiger charge is 2.18. The van der Waals surface area contributed by atoms with E-state index in [1.165, 1.54) is 5.56 Å². The summed E-state index contributed by atoms with van der Waals surface area (Å²) in [5, 5.41) is 3.01. The van der Waals surface area contributed by atoms with Crippen molar-refractivity contribution in [3.8, 4) is 5.75 Å². The zero-order valence-electron chi connectivity index (χ0n) is 16.5. The number of rotatable bonds is 7. The minimum atomic E-state index is -0.161. The van der Waals surface area contributed by atoms with Gasteiger partial charge in [-0.05, 0) is 44.5 Å². The predicted molar refractivity (Wildman–Crippen MR) is 108 cm³/mol. The number of carbonyl (C=O) groups excluding carboxylic acids is 1. The maximum atomic E-state index is 11.8. The number of imidazole rings is 1. The fourth-order valence-electron chi connectivity index (χ4n) is 3.28. The van der Waals surface area contributed by atoms with Crippen LogP contribution in [0, 0.1) is 13.8 Å². The zero-order chi connectivity index (χ0) is 19.4. The first-order chi connectivity index (χ1) is 13.0. The minimum absolute atomic E-state index is 0.0210. The Morgan fingerprint density at radius 3 is 2.74 bits per heavy atom. The van der Waals surface area contributed by atoms with Crippen molar-refractivity contribution in [3.05, 3.63) is 59.4 Å². The zero-order valence-corrected chi connectivity index (χ0v) is 16.5. The van der Waals surface area contributed by atoms with Gasteiger partial charge in [-0.1, -0.05) is 36.8 Å². The summed E-state index contributed by atoms with van der Waals surface area (Å²) in [6, 6.07) is 14.1. The Bertz CT molecular complexity index is 946. The maximum Gasteiger partial charge on any atom is 0.220 e. The summed E-state index contributed by atoms with van der Waals surface area (Å²) in [4.78, 5) is 16.6. The second kappa shape index (κ2) is 8.25. The van der Waals surface area contributed by atoms with Gasteiger partial charge in [0.25, 0.3) is 0 Å². The van der Waals surface area contributed by atoms with Crippen molar-refractivity contribution < 1.29 is 9.53 Å². The molecule has 0 aliphatic heterocycles. The lowest BCUT2D eigenvalue weighted by atomic mass is 10.1. The van der Waals surface area contributed by atoms with Crippen molar-refractivity contribution in [1.29, 1.82) is 0 Å². The molecule has 0 saturated carbocycles. The molecule has 0 radical (unpaired) electrons. The number of amides is 1. The standard InChI is InChI=1S/C22H27N3O2/c1-5-21(26)23-17(4)22-24-18-8-6-7-9-19(18)25(22)12-13-27-20-11-10-15(2)14-16(20)3/h6-11,14,17H,5,12-13H2,1-4H3,(H,23,26). The van der Waals surface area contributed by atoms with Crippen LogP contribution in [0.4, 0.5) is 0 Å². The Morgan fingerprint density at radius 2 is 2.00 bits per heavy atom. The minimum Gasteiger partial charge on any atom is -0.491 e. The number of nitrogens with zero attached hydrogens (tertiary/aromatic N) is 2. The summed E-state index contributed by atoms with van der Waals surface area (Å²) < 4.78 is 8.15. The summed E-state index contributed by atoms with van der Waals surface area (Å²) in [5.74, 6) is 1.77. The Kier molecular flexibility index (Phi) is 5.79. The SMILES string of the molecule is CCC(=O)NC(C)c1nc2ccccc2n1CCOc1ccc(C)cc1C. The van der Waals surface area contributed by atoms with Crippen molar-refractivity contribution >= 4 is 16.9 Å². The molecule has 1 amide bonds. The number of benzene rings is 2. The molecule has 142 valence electrons. The molecule has 0 spiro atoms. The Hall–Kier alpha value is -2.82. The van der Waals surface area contributed by atoms with Gasteiger partial charge in [-0.3, -0.25) is 4.79 Å². The number of aryl methyl sites for hydroxylation is 2. The summed E-state index contributed by atoms with van der Waals surface area (Å²) in [7, 11) is 0. The number of fused-ring (bicyclic) bond motifs is 1. The van der Waals surface area contributed by atoms with Crippen molar-refractivity contribution in [1.82, 2.24) is 14.9 Å². The molecule has 1 N–H and O–H groups in total. The quantitative estimate of drug-likeness (QED) is 0.678. The maximum absolute atomic E-state index is 11.8. The smallest absolute Gasteiger partial charge is 0.220 e. The van der Waals surface area contributed by atoms with E-state index in [1.54, 1.807) is 0 Å². The molecule has 1 unspecified atom stereocenters. The lowest BCUT2D eigenvalue weighted by Crippen LogP contribution is -2.28. The molecule has 2 aromatic carbocycles. The van der Waals surface area contributed by atoms with Gasteiger partial charge < -0.3 is 14.6 Å². The second-order valence-electron chi connectivity index (χ2n) is 6.87. The number of nitrogens with one attached hydrogen (secondary N) is 1. The third-order valence-corrected chi connectivity index (χ3v) is 4.67. The normalized spacial score (nSPS) is 12.1. The van der Waals surface area contributed by atoms with Gasteiger partial charge in [-0.25, -0.2) is 4.98 Å². The largest absolute Gasteiger partial charge is 0.491 e. The molecule has 0 saturated heterocycles. The van der Waals surface area contributed by atoms with E-state index in [9.17, 15) is 4.79 Å². The molecular weight excluding hydrogens is 338 g/mol. The first kappa shape index (κ1) is 19.0. The van der Waals surface area contributed by atoms with E-state index in [2.05, 4.69) is 41.9 Å². The number of ether oxygens (including phenoxy) is 1. The van der Waals surface area contributed by atoms with Crippen LogP contribution >= 0.6 is 0 Å². The second-order valence-corrected chi connectivity index (χ2v) is 6.87. The third kappa shape index (κ3) is 4.30. The van der Waals surface area contributed by atoms with E-state index in [1.807, 2.05) is 38.1 Å². The van der Waals surface area contributed by atoms with Crippen LogP contribution in [0.15, 0.2) is 42.5 Å².